The Morgan fingerprint density at radius 2 is 1.83 bits per heavy atom. The molecule has 106 valence electrons. The van der Waals surface area contributed by atoms with Gasteiger partial charge in [0, 0.05) is 31.2 Å². The van der Waals surface area contributed by atoms with Crippen LogP contribution in [0.5, 0.6) is 0 Å². The second-order valence-corrected chi connectivity index (χ2v) is 7.25. The van der Waals surface area contributed by atoms with Crippen LogP contribution in [0.2, 0.25) is 0 Å². The maximum absolute atomic E-state index is 3.61. The van der Waals surface area contributed by atoms with Crippen LogP contribution >= 0.6 is 0 Å². The molecule has 2 heteroatoms. The number of nitrogens with zero attached hydrogens (tertiary/aromatic N) is 1. The number of hydrogen-bond donors (Lipinski definition) is 1. The Hall–Kier alpha value is -0.0800. The minimum Gasteiger partial charge on any atom is -0.311 e. The standard InChI is InChI=1S/C16H32N2/c1-11(2)15-7-6-12(3)8-16(15)18-10-13(4)17-9-14(18)5/h11-17H,6-10H2,1-5H3. The lowest BCUT2D eigenvalue weighted by Crippen LogP contribution is -2.60. The normalized spacial score (nSPS) is 43.3. The summed E-state index contributed by atoms with van der Waals surface area (Å²) in [6, 6.07) is 2.19. The van der Waals surface area contributed by atoms with Crippen LogP contribution in [0.1, 0.15) is 53.9 Å². The summed E-state index contributed by atoms with van der Waals surface area (Å²) in [4.78, 5) is 2.82. The highest BCUT2D eigenvalue weighted by Crippen LogP contribution is 2.37. The van der Waals surface area contributed by atoms with Crippen molar-refractivity contribution in [2.24, 2.45) is 17.8 Å². The molecule has 0 spiro atoms. The van der Waals surface area contributed by atoms with E-state index in [9.17, 15) is 0 Å². The van der Waals surface area contributed by atoms with Gasteiger partial charge in [0.15, 0.2) is 0 Å². The van der Waals surface area contributed by atoms with Crippen molar-refractivity contribution in [1.82, 2.24) is 10.2 Å². The molecule has 0 aromatic carbocycles. The van der Waals surface area contributed by atoms with Gasteiger partial charge in [-0.1, -0.05) is 27.2 Å². The molecule has 0 aromatic heterocycles. The largest absolute Gasteiger partial charge is 0.311 e. The van der Waals surface area contributed by atoms with E-state index in [4.69, 9.17) is 0 Å². The van der Waals surface area contributed by atoms with E-state index in [1.165, 1.54) is 25.8 Å². The van der Waals surface area contributed by atoms with Crippen molar-refractivity contribution in [2.45, 2.75) is 72.0 Å². The Bertz CT molecular complexity index is 264. The van der Waals surface area contributed by atoms with E-state index in [1.54, 1.807) is 0 Å². The summed E-state index contributed by atoms with van der Waals surface area (Å²) in [7, 11) is 0. The summed E-state index contributed by atoms with van der Waals surface area (Å²) < 4.78 is 0. The Morgan fingerprint density at radius 1 is 1.11 bits per heavy atom. The monoisotopic (exact) mass is 252 g/mol. The molecule has 5 atom stereocenters. The minimum absolute atomic E-state index is 0.659. The van der Waals surface area contributed by atoms with E-state index in [0.717, 1.165) is 30.3 Å². The highest BCUT2D eigenvalue weighted by molar-refractivity contribution is 4.93. The Kier molecular flexibility index (Phi) is 4.71. The highest BCUT2D eigenvalue weighted by atomic mass is 15.3. The van der Waals surface area contributed by atoms with Crippen LogP contribution in [0.4, 0.5) is 0 Å². The lowest BCUT2D eigenvalue weighted by atomic mass is 9.73. The molecule has 1 saturated heterocycles. The number of hydrogen-bond acceptors (Lipinski definition) is 2. The van der Waals surface area contributed by atoms with Crippen LogP contribution in [0.25, 0.3) is 0 Å². The van der Waals surface area contributed by atoms with Gasteiger partial charge in [0.25, 0.3) is 0 Å². The second kappa shape index (κ2) is 5.92. The van der Waals surface area contributed by atoms with Gasteiger partial charge in [0.1, 0.15) is 0 Å². The van der Waals surface area contributed by atoms with Gasteiger partial charge in [-0.05, 0) is 44.4 Å². The molecule has 18 heavy (non-hydrogen) atoms. The highest BCUT2D eigenvalue weighted by Gasteiger charge is 2.38. The molecule has 0 amide bonds. The van der Waals surface area contributed by atoms with E-state index in [-0.39, 0.29) is 0 Å². The third-order valence-corrected chi connectivity index (χ3v) is 5.23. The molecule has 0 bridgehead atoms. The summed E-state index contributed by atoms with van der Waals surface area (Å²) in [5.74, 6) is 2.66. The predicted molar refractivity (Wildman–Crippen MR) is 78.8 cm³/mol. The molecule has 5 unspecified atom stereocenters. The summed E-state index contributed by atoms with van der Waals surface area (Å²) in [5, 5.41) is 3.61. The predicted octanol–water partition coefficient (Wildman–Crippen LogP) is 3.13. The molecule has 1 N–H and O–H groups in total. The molecule has 2 fully saturated rings. The zero-order valence-corrected chi connectivity index (χ0v) is 12.9. The van der Waals surface area contributed by atoms with Crippen molar-refractivity contribution in [3.05, 3.63) is 0 Å². The first-order valence-corrected chi connectivity index (χ1v) is 7.98. The van der Waals surface area contributed by atoms with Gasteiger partial charge in [-0.2, -0.15) is 0 Å². The summed E-state index contributed by atoms with van der Waals surface area (Å²) in [6.07, 6.45) is 4.30. The first kappa shape index (κ1) is 14.3. The maximum atomic E-state index is 3.61. The summed E-state index contributed by atoms with van der Waals surface area (Å²) >= 11 is 0. The van der Waals surface area contributed by atoms with Crippen molar-refractivity contribution < 1.29 is 0 Å². The number of piperazine rings is 1. The number of nitrogens with one attached hydrogen (secondary N) is 1. The number of rotatable bonds is 2. The third-order valence-electron chi connectivity index (χ3n) is 5.23. The van der Waals surface area contributed by atoms with E-state index >= 15 is 0 Å². The second-order valence-electron chi connectivity index (χ2n) is 7.25. The zero-order valence-electron chi connectivity index (χ0n) is 12.9. The van der Waals surface area contributed by atoms with Crippen LogP contribution in [-0.4, -0.2) is 36.1 Å². The molecule has 0 radical (unpaired) electrons. The SMILES string of the molecule is CC1CCC(C(C)C)C(N2CC(C)NCC2C)C1. The lowest BCUT2D eigenvalue weighted by Gasteiger charge is -2.49. The molecule has 2 nitrogen and oxygen atoms in total. The van der Waals surface area contributed by atoms with Crippen molar-refractivity contribution in [1.29, 1.82) is 0 Å². The van der Waals surface area contributed by atoms with Crippen LogP contribution in [0.15, 0.2) is 0 Å². The summed E-state index contributed by atoms with van der Waals surface area (Å²) in [5.41, 5.74) is 0. The topological polar surface area (TPSA) is 15.3 Å². The smallest absolute Gasteiger partial charge is 0.0196 e. The van der Waals surface area contributed by atoms with Gasteiger partial charge in [-0.3, -0.25) is 4.90 Å². The Balaban J connectivity index is 2.10. The Labute approximate surface area is 114 Å². The van der Waals surface area contributed by atoms with Crippen LogP contribution < -0.4 is 5.32 Å². The fourth-order valence-corrected chi connectivity index (χ4v) is 4.05. The van der Waals surface area contributed by atoms with E-state index in [1.807, 2.05) is 0 Å². The zero-order chi connectivity index (χ0) is 13.3. The quantitative estimate of drug-likeness (QED) is 0.812. The molecule has 1 heterocycles. The lowest BCUT2D eigenvalue weighted by molar-refractivity contribution is 0.0119. The van der Waals surface area contributed by atoms with Gasteiger partial charge in [-0.25, -0.2) is 0 Å². The van der Waals surface area contributed by atoms with Crippen molar-refractivity contribution in [3.8, 4) is 0 Å². The molecule has 1 aliphatic carbocycles. The molecule has 2 rings (SSSR count). The van der Waals surface area contributed by atoms with Crippen molar-refractivity contribution >= 4 is 0 Å². The molecule has 1 aliphatic heterocycles. The molecular weight excluding hydrogens is 220 g/mol. The molecule has 1 saturated carbocycles. The average Bonchev–Trinajstić information content (AvgIpc) is 2.31. The van der Waals surface area contributed by atoms with Gasteiger partial charge < -0.3 is 5.32 Å². The fraction of sp³-hybridized carbons (Fsp3) is 1.00. The fourth-order valence-electron chi connectivity index (χ4n) is 4.05. The van der Waals surface area contributed by atoms with Crippen LogP contribution in [0, 0.1) is 17.8 Å². The first-order chi connectivity index (χ1) is 8.49. The average molecular weight is 252 g/mol. The van der Waals surface area contributed by atoms with Gasteiger partial charge in [-0.15, -0.1) is 0 Å². The van der Waals surface area contributed by atoms with Gasteiger partial charge in [0.2, 0.25) is 0 Å². The third kappa shape index (κ3) is 3.08. The first-order valence-electron chi connectivity index (χ1n) is 7.98. The molecular formula is C16H32N2. The molecule has 0 aromatic rings. The van der Waals surface area contributed by atoms with Gasteiger partial charge >= 0.3 is 0 Å². The van der Waals surface area contributed by atoms with E-state index in [0.29, 0.717) is 12.1 Å². The van der Waals surface area contributed by atoms with Crippen LogP contribution in [-0.2, 0) is 0 Å². The maximum Gasteiger partial charge on any atom is 0.0196 e. The van der Waals surface area contributed by atoms with E-state index < -0.39 is 0 Å². The Morgan fingerprint density at radius 3 is 2.50 bits per heavy atom. The summed E-state index contributed by atoms with van der Waals surface area (Å²) in [6.45, 7) is 14.4. The van der Waals surface area contributed by atoms with Crippen LogP contribution in [0.3, 0.4) is 0 Å². The van der Waals surface area contributed by atoms with Gasteiger partial charge in [0.05, 0.1) is 0 Å². The van der Waals surface area contributed by atoms with Crippen molar-refractivity contribution in [3.63, 3.8) is 0 Å². The van der Waals surface area contributed by atoms with E-state index in [2.05, 4.69) is 44.8 Å². The molecule has 2 aliphatic rings. The minimum atomic E-state index is 0.659. The van der Waals surface area contributed by atoms with Crippen molar-refractivity contribution in [2.75, 3.05) is 13.1 Å².